The van der Waals surface area contributed by atoms with Crippen LogP contribution in [0.2, 0.25) is 0 Å². The summed E-state index contributed by atoms with van der Waals surface area (Å²) in [6, 6.07) is 0.399. The van der Waals surface area contributed by atoms with Crippen LogP contribution in [0.4, 0.5) is 0 Å². The molecule has 1 aliphatic heterocycles. The zero-order valence-electron chi connectivity index (χ0n) is 11.3. The molecule has 3 fully saturated rings. The van der Waals surface area contributed by atoms with Gasteiger partial charge in [0.25, 0.3) is 0 Å². The molecular weight excluding hydrogens is 240 g/mol. The fraction of sp³-hybridized carbons (Fsp3) is 0.857. The number of likely N-dealkylation sites (tertiary alicyclic amines) is 1. The standard InChI is InChI=1S/C14H22N4O/c15-12-3-1-2-10-6-18(7-11(10)12)8-13-16-14(19-17-13)9-4-5-9/h9-12H,1-8,15H2. The molecule has 0 bridgehead atoms. The Hall–Kier alpha value is -0.940. The van der Waals surface area contributed by atoms with Gasteiger partial charge in [0.2, 0.25) is 5.89 Å². The Morgan fingerprint density at radius 2 is 2.11 bits per heavy atom. The number of aromatic nitrogens is 2. The highest BCUT2D eigenvalue weighted by atomic mass is 16.5. The zero-order chi connectivity index (χ0) is 12.8. The van der Waals surface area contributed by atoms with E-state index in [9.17, 15) is 0 Å². The summed E-state index contributed by atoms with van der Waals surface area (Å²) in [5.41, 5.74) is 6.25. The summed E-state index contributed by atoms with van der Waals surface area (Å²) in [5, 5.41) is 4.12. The fourth-order valence-corrected chi connectivity index (χ4v) is 3.77. The van der Waals surface area contributed by atoms with Gasteiger partial charge in [-0.25, -0.2) is 0 Å². The summed E-state index contributed by atoms with van der Waals surface area (Å²) >= 11 is 0. The number of nitrogens with two attached hydrogens (primary N) is 1. The molecule has 2 aliphatic carbocycles. The smallest absolute Gasteiger partial charge is 0.229 e. The van der Waals surface area contributed by atoms with Crippen LogP contribution in [-0.2, 0) is 6.54 Å². The summed E-state index contributed by atoms with van der Waals surface area (Å²) in [6.07, 6.45) is 6.26. The van der Waals surface area contributed by atoms with E-state index in [2.05, 4.69) is 15.0 Å². The van der Waals surface area contributed by atoms with E-state index >= 15 is 0 Å². The van der Waals surface area contributed by atoms with Crippen LogP contribution in [-0.4, -0.2) is 34.2 Å². The lowest BCUT2D eigenvalue weighted by molar-refractivity contribution is 0.258. The molecule has 1 aromatic heterocycles. The Kier molecular flexibility index (Phi) is 2.84. The van der Waals surface area contributed by atoms with Gasteiger partial charge < -0.3 is 10.3 Å². The van der Waals surface area contributed by atoms with Crippen LogP contribution in [0.3, 0.4) is 0 Å². The Balaban J connectivity index is 1.40. The molecule has 3 aliphatic rings. The normalized spacial score (nSPS) is 35.5. The van der Waals surface area contributed by atoms with Crippen LogP contribution in [0.25, 0.3) is 0 Å². The molecular formula is C14H22N4O. The Morgan fingerprint density at radius 1 is 1.21 bits per heavy atom. The number of hydrogen-bond acceptors (Lipinski definition) is 5. The predicted octanol–water partition coefficient (Wildman–Crippen LogP) is 1.51. The lowest BCUT2D eigenvalue weighted by atomic mass is 9.78. The summed E-state index contributed by atoms with van der Waals surface area (Å²) < 4.78 is 5.33. The fourth-order valence-electron chi connectivity index (χ4n) is 3.77. The molecule has 0 aromatic carbocycles. The molecule has 2 saturated carbocycles. The summed E-state index contributed by atoms with van der Waals surface area (Å²) in [7, 11) is 0. The molecule has 5 nitrogen and oxygen atoms in total. The van der Waals surface area contributed by atoms with E-state index in [0.29, 0.717) is 17.9 Å². The van der Waals surface area contributed by atoms with E-state index in [1.807, 2.05) is 0 Å². The van der Waals surface area contributed by atoms with Crippen molar-refractivity contribution in [2.75, 3.05) is 13.1 Å². The first-order valence-electron chi connectivity index (χ1n) is 7.60. The minimum atomic E-state index is 0.399. The zero-order valence-corrected chi connectivity index (χ0v) is 11.3. The number of fused-ring (bicyclic) bond motifs is 1. The quantitative estimate of drug-likeness (QED) is 0.894. The maximum Gasteiger partial charge on any atom is 0.229 e. The third kappa shape index (κ3) is 2.30. The highest BCUT2D eigenvalue weighted by Gasteiger charge is 2.39. The second-order valence-corrected chi connectivity index (χ2v) is 6.54. The van der Waals surface area contributed by atoms with Crippen LogP contribution in [0.1, 0.15) is 49.7 Å². The first kappa shape index (κ1) is 11.9. The Labute approximate surface area is 113 Å². The third-order valence-electron chi connectivity index (χ3n) is 5.00. The van der Waals surface area contributed by atoms with Crippen LogP contribution in [0, 0.1) is 11.8 Å². The molecule has 2 heterocycles. The monoisotopic (exact) mass is 262 g/mol. The Morgan fingerprint density at radius 3 is 2.89 bits per heavy atom. The van der Waals surface area contributed by atoms with Crippen LogP contribution >= 0.6 is 0 Å². The molecule has 0 spiro atoms. The van der Waals surface area contributed by atoms with Crippen molar-refractivity contribution in [2.24, 2.45) is 17.6 Å². The third-order valence-corrected chi connectivity index (χ3v) is 5.00. The van der Waals surface area contributed by atoms with Crippen molar-refractivity contribution in [1.82, 2.24) is 15.0 Å². The predicted molar refractivity (Wildman–Crippen MR) is 70.4 cm³/mol. The highest BCUT2D eigenvalue weighted by molar-refractivity contribution is 5.02. The van der Waals surface area contributed by atoms with E-state index in [1.165, 1.54) is 32.1 Å². The minimum absolute atomic E-state index is 0.399. The van der Waals surface area contributed by atoms with Crippen LogP contribution in [0.15, 0.2) is 4.52 Å². The minimum Gasteiger partial charge on any atom is -0.339 e. The number of hydrogen-bond donors (Lipinski definition) is 1. The van der Waals surface area contributed by atoms with Gasteiger partial charge in [0.1, 0.15) is 0 Å². The largest absolute Gasteiger partial charge is 0.339 e. The van der Waals surface area contributed by atoms with Gasteiger partial charge in [0, 0.05) is 25.0 Å². The topological polar surface area (TPSA) is 68.2 Å². The second-order valence-electron chi connectivity index (χ2n) is 6.54. The molecule has 2 N–H and O–H groups in total. The van der Waals surface area contributed by atoms with Crippen LogP contribution < -0.4 is 5.73 Å². The maximum atomic E-state index is 6.25. The molecule has 19 heavy (non-hydrogen) atoms. The molecule has 104 valence electrons. The molecule has 3 atom stereocenters. The van der Waals surface area contributed by atoms with Gasteiger partial charge >= 0.3 is 0 Å². The van der Waals surface area contributed by atoms with E-state index < -0.39 is 0 Å². The molecule has 0 amide bonds. The molecule has 5 heteroatoms. The van der Waals surface area contributed by atoms with Crippen molar-refractivity contribution < 1.29 is 4.52 Å². The molecule has 1 saturated heterocycles. The number of nitrogens with zero attached hydrogens (tertiary/aromatic N) is 3. The van der Waals surface area contributed by atoms with Crippen LogP contribution in [0.5, 0.6) is 0 Å². The van der Waals surface area contributed by atoms with Crippen molar-refractivity contribution in [2.45, 2.75) is 50.6 Å². The van der Waals surface area contributed by atoms with Gasteiger partial charge in [0.15, 0.2) is 5.82 Å². The van der Waals surface area contributed by atoms with Crippen molar-refractivity contribution in [3.05, 3.63) is 11.7 Å². The van der Waals surface area contributed by atoms with Crippen molar-refractivity contribution in [3.8, 4) is 0 Å². The van der Waals surface area contributed by atoms with Gasteiger partial charge in [-0.1, -0.05) is 11.6 Å². The number of rotatable bonds is 3. The first-order valence-corrected chi connectivity index (χ1v) is 7.60. The average Bonchev–Trinajstić information content (AvgIpc) is 3.00. The van der Waals surface area contributed by atoms with Crippen molar-refractivity contribution in [3.63, 3.8) is 0 Å². The van der Waals surface area contributed by atoms with Gasteiger partial charge in [-0.3, -0.25) is 4.90 Å². The Bertz CT molecular complexity index is 456. The lowest BCUT2D eigenvalue weighted by Gasteiger charge is -2.29. The highest BCUT2D eigenvalue weighted by Crippen LogP contribution is 2.39. The van der Waals surface area contributed by atoms with Crippen molar-refractivity contribution in [1.29, 1.82) is 0 Å². The molecule has 4 rings (SSSR count). The van der Waals surface area contributed by atoms with E-state index in [0.717, 1.165) is 37.3 Å². The van der Waals surface area contributed by atoms with E-state index in [-0.39, 0.29) is 0 Å². The second kappa shape index (κ2) is 4.56. The van der Waals surface area contributed by atoms with E-state index in [4.69, 9.17) is 10.3 Å². The SMILES string of the molecule is NC1CCCC2CN(Cc3noc(C4CC4)n3)CC12. The van der Waals surface area contributed by atoms with Gasteiger partial charge in [-0.05, 0) is 37.5 Å². The maximum absolute atomic E-state index is 6.25. The molecule has 0 radical (unpaired) electrons. The van der Waals surface area contributed by atoms with Gasteiger partial charge in [-0.15, -0.1) is 0 Å². The molecule has 3 unspecified atom stereocenters. The van der Waals surface area contributed by atoms with Gasteiger partial charge in [-0.2, -0.15) is 4.98 Å². The summed E-state index contributed by atoms with van der Waals surface area (Å²) in [4.78, 5) is 6.98. The first-order chi connectivity index (χ1) is 9.29. The van der Waals surface area contributed by atoms with E-state index in [1.54, 1.807) is 0 Å². The average molecular weight is 262 g/mol. The summed E-state index contributed by atoms with van der Waals surface area (Å²) in [6.45, 7) is 3.10. The lowest BCUT2D eigenvalue weighted by Crippen LogP contribution is -2.38. The van der Waals surface area contributed by atoms with Crippen molar-refractivity contribution >= 4 is 0 Å². The summed E-state index contributed by atoms with van der Waals surface area (Å²) in [5.74, 6) is 3.73. The molecule has 1 aromatic rings. The van der Waals surface area contributed by atoms with Gasteiger partial charge in [0.05, 0.1) is 6.54 Å².